The van der Waals surface area contributed by atoms with E-state index in [0.29, 0.717) is 5.41 Å². The van der Waals surface area contributed by atoms with Crippen LogP contribution in [0.15, 0.2) is 24.3 Å². The number of rotatable bonds is 2. The first-order valence-electron chi connectivity index (χ1n) is 10.3. The average molecular weight is 386 g/mol. The van der Waals surface area contributed by atoms with Crippen LogP contribution in [0.5, 0.6) is 0 Å². The summed E-state index contributed by atoms with van der Waals surface area (Å²) in [5.41, 5.74) is 2.44. The number of aryl methyl sites for hydroxylation is 1. The molecule has 3 aliphatic rings. The maximum absolute atomic E-state index is 13.4. The molecule has 0 N–H and O–H groups in total. The summed E-state index contributed by atoms with van der Waals surface area (Å²) in [6, 6.07) is 7.58. The van der Waals surface area contributed by atoms with Gasteiger partial charge in [0.05, 0.1) is 6.04 Å². The van der Waals surface area contributed by atoms with E-state index >= 15 is 0 Å². The number of nitrogens with zero attached hydrogens (tertiary/aromatic N) is 3. The van der Waals surface area contributed by atoms with Crippen molar-refractivity contribution in [2.45, 2.75) is 38.3 Å². The monoisotopic (exact) mass is 385 g/mol. The van der Waals surface area contributed by atoms with E-state index in [1.807, 2.05) is 36.1 Å². The van der Waals surface area contributed by atoms with Crippen LogP contribution in [0.25, 0.3) is 0 Å². The van der Waals surface area contributed by atoms with Gasteiger partial charge in [0.1, 0.15) is 6.61 Å². The summed E-state index contributed by atoms with van der Waals surface area (Å²) in [5, 5.41) is 0. The lowest BCUT2D eigenvalue weighted by atomic mass is 9.77. The first-order chi connectivity index (χ1) is 13.4. The minimum Gasteiger partial charge on any atom is -0.356 e. The third kappa shape index (κ3) is 3.44. The van der Waals surface area contributed by atoms with Crippen LogP contribution in [0.1, 0.15) is 36.4 Å². The predicted molar refractivity (Wildman–Crippen MR) is 107 cm³/mol. The molecule has 2 atom stereocenters. The van der Waals surface area contributed by atoms with Gasteiger partial charge in [-0.25, -0.2) is 0 Å². The molecular weight excluding hydrogens is 354 g/mol. The molecule has 2 unspecified atom stereocenters. The summed E-state index contributed by atoms with van der Waals surface area (Å²) in [5.74, 6) is -0.0577. The molecule has 0 aromatic heterocycles. The number of hydrogen-bond acceptors (Lipinski definition) is 4. The van der Waals surface area contributed by atoms with Gasteiger partial charge in [0.15, 0.2) is 6.10 Å². The van der Waals surface area contributed by atoms with E-state index < -0.39 is 6.10 Å². The van der Waals surface area contributed by atoms with E-state index in [2.05, 4.69) is 11.9 Å². The Hall–Kier alpha value is -1.92. The van der Waals surface area contributed by atoms with E-state index in [-0.39, 0.29) is 24.5 Å². The SMILES string of the molecule is Cc1ccccc1C1C(C(=O)N2CCC3(CCN(C)C3)CC2)OCC(=O)N1C. The van der Waals surface area contributed by atoms with Gasteiger partial charge in [0.2, 0.25) is 5.91 Å². The van der Waals surface area contributed by atoms with Gasteiger partial charge in [0.25, 0.3) is 5.91 Å². The van der Waals surface area contributed by atoms with E-state index in [9.17, 15) is 9.59 Å². The fourth-order valence-corrected chi connectivity index (χ4v) is 5.16. The number of carbonyl (C=O) groups excluding carboxylic acids is 2. The molecule has 6 nitrogen and oxygen atoms in total. The smallest absolute Gasteiger partial charge is 0.254 e. The molecule has 28 heavy (non-hydrogen) atoms. The van der Waals surface area contributed by atoms with Crippen molar-refractivity contribution < 1.29 is 14.3 Å². The molecule has 1 spiro atoms. The molecule has 0 bridgehead atoms. The van der Waals surface area contributed by atoms with Gasteiger partial charge >= 0.3 is 0 Å². The highest BCUT2D eigenvalue weighted by molar-refractivity contribution is 5.86. The van der Waals surface area contributed by atoms with Gasteiger partial charge in [-0.3, -0.25) is 9.59 Å². The highest BCUT2D eigenvalue weighted by atomic mass is 16.5. The summed E-state index contributed by atoms with van der Waals surface area (Å²) >= 11 is 0. The molecule has 4 rings (SSSR count). The molecule has 6 heteroatoms. The van der Waals surface area contributed by atoms with Crippen molar-refractivity contribution >= 4 is 11.8 Å². The van der Waals surface area contributed by atoms with Crippen molar-refractivity contribution in [2.24, 2.45) is 5.41 Å². The molecule has 3 aliphatic heterocycles. The zero-order valence-corrected chi connectivity index (χ0v) is 17.2. The summed E-state index contributed by atoms with van der Waals surface area (Å²) in [4.78, 5) is 31.8. The quantitative estimate of drug-likeness (QED) is 0.780. The Kier molecular flexibility index (Phi) is 5.19. The van der Waals surface area contributed by atoms with Crippen LogP contribution < -0.4 is 0 Å². The lowest BCUT2D eigenvalue weighted by molar-refractivity contribution is -0.168. The third-order valence-electron chi connectivity index (χ3n) is 7.00. The minimum atomic E-state index is -0.635. The van der Waals surface area contributed by atoms with E-state index in [1.54, 1.807) is 11.9 Å². The van der Waals surface area contributed by atoms with Crippen LogP contribution in [-0.4, -0.2) is 79.5 Å². The zero-order chi connectivity index (χ0) is 19.9. The number of piperidine rings is 1. The van der Waals surface area contributed by atoms with E-state index in [4.69, 9.17) is 4.74 Å². The van der Waals surface area contributed by atoms with Crippen LogP contribution in [0.4, 0.5) is 0 Å². The predicted octanol–water partition coefficient (Wildman–Crippen LogP) is 1.84. The summed E-state index contributed by atoms with van der Waals surface area (Å²) in [6.07, 6.45) is 2.71. The zero-order valence-electron chi connectivity index (χ0n) is 17.2. The summed E-state index contributed by atoms with van der Waals surface area (Å²) in [7, 11) is 3.96. The Bertz CT molecular complexity index is 757. The van der Waals surface area contributed by atoms with Gasteiger partial charge < -0.3 is 19.4 Å². The maximum atomic E-state index is 13.4. The van der Waals surface area contributed by atoms with Crippen LogP contribution in [0.2, 0.25) is 0 Å². The van der Waals surface area contributed by atoms with Gasteiger partial charge in [-0.05, 0) is 56.3 Å². The maximum Gasteiger partial charge on any atom is 0.254 e. The number of amides is 2. The number of likely N-dealkylation sites (N-methyl/N-ethyl adjacent to an activating group) is 1. The number of morpholine rings is 1. The van der Waals surface area contributed by atoms with Crippen molar-refractivity contribution in [3.05, 3.63) is 35.4 Å². The number of hydrogen-bond donors (Lipinski definition) is 0. The first kappa shape index (κ1) is 19.4. The second-order valence-corrected chi connectivity index (χ2v) is 8.85. The topological polar surface area (TPSA) is 53.1 Å². The molecule has 0 saturated carbocycles. The van der Waals surface area contributed by atoms with Crippen LogP contribution >= 0.6 is 0 Å². The van der Waals surface area contributed by atoms with Gasteiger partial charge in [-0.2, -0.15) is 0 Å². The lowest BCUT2D eigenvalue weighted by Crippen LogP contribution is -2.55. The Morgan fingerprint density at radius 2 is 1.79 bits per heavy atom. The average Bonchev–Trinajstić information content (AvgIpc) is 3.05. The standard InChI is InChI=1S/C22H31N3O3/c1-16-6-4-5-7-17(16)19-20(28-14-18(26)24(19)3)21(27)25-12-9-22(10-13-25)8-11-23(2)15-22/h4-7,19-20H,8-15H2,1-3H3. The second kappa shape index (κ2) is 7.48. The number of likely N-dealkylation sites (tertiary alicyclic amines) is 2. The van der Waals surface area contributed by atoms with E-state index in [0.717, 1.165) is 50.1 Å². The Morgan fingerprint density at radius 3 is 2.43 bits per heavy atom. The molecule has 3 saturated heterocycles. The first-order valence-corrected chi connectivity index (χ1v) is 10.3. The second-order valence-electron chi connectivity index (χ2n) is 8.85. The van der Waals surface area contributed by atoms with Crippen LogP contribution in [0, 0.1) is 12.3 Å². The molecule has 2 amide bonds. The Balaban J connectivity index is 1.52. The Labute approximate surface area is 167 Å². The van der Waals surface area contributed by atoms with Gasteiger partial charge in [-0.15, -0.1) is 0 Å². The van der Waals surface area contributed by atoms with Gasteiger partial charge in [-0.1, -0.05) is 24.3 Å². The molecule has 0 aliphatic carbocycles. The molecule has 152 valence electrons. The van der Waals surface area contributed by atoms with Crippen molar-refractivity contribution in [3.8, 4) is 0 Å². The molecule has 3 fully saturated rings. The van der Waals surface area contributed by atoms with Gasteiger partial charge in [0, 0.05) is 26.7 Å². The highest BCUT2D eigenvalue weighted by Crippen LogP contribution is 2.40. The number of benzene rings is 1. The van der Waals surface area contributed by atoms with Crippen molar-refractivity contribution in [1.29, 1.82) is 0 Å². The van der Waals surface area contributed by atoms with Crippen LogP contribution in [-0.2, 0) is 14.3 Å². The molecule has 1 aromatic rings. The highest BCUT2D eigenvalue weighted by Gasteiger charge is 2.45. The molecule has 3 heterocycles. The Morgan fingerprint density at radius 1 is 1.11 bits per heavy atom. The minimum absolute atomic E-state index is 0.0220. The molecule has 1 aromatic carbocycles. The lowest BCUT2D eigenvalue weighted by Gasteiger charge is -2.44. The number of ether oxygens (including phenoxy) is 1. The largest absolute Gasteiger partial charge is 0.356 e. The fourth-order valence-electron chi connectivity index (χ4n) is 5.16. The van der Waals surface area contributed by atoms with Crippen molar-refractivity contribution in [1.82, 2.24) is 14.7 Å². The molecular formula is C22H31N3O3. The van der Waals surface area contributed by atoms with E-state index in [1.165, 1.54) is 6.42 Å². The normalized spacial score (nSPS) is 28.2. The molecule has 0 radical (unpaired) electrons. The van der Waals surface area contributed by atoms with Crippen molar-refractivity contribution in [3.63, 3.8) is 0 Å². The van der Waals surface area contributed by atoms with Crippen LogP contribution in [0.3, 0.4) is 0 Å². The van der Waals surface area contributed by atoms with Crippen molar-refractivity contribution in [2.75, 3.05) is 46.9 Å². The number of carbonyl (C=O) groups is 2. The fraction of sp³-hybridized carbons (Fsp3) is 0.636. The third-order valence-corrected chi connectivity index (χ3v) is 7.00. The summed E-state index contributed by atoms with van der Waals surface area (Å²) < 4.78 is 5.84. The summed E-state index contributed by atoms with van der Waals surface area (Å²) in [6.45, 7) is 5.85.